The number of nitrogens with one attached hydrogen (secondary N) is 2. The Morgan fingerprint density at radius 1 is 1.13 bits per heavy atom. The monoisotopic (exact) mass is 519 g/mol. The molecule has 2 fully saturated rings. The number of hydrogen-bond donors (Lipinski definition) is 3. The Morgan fingerprint density at radius 3 is 2.74 bits per heavy atom. The van der Waals surface area contributed by atoms with E-state index < -0.39 is 17.6 Å². The minimum atomic E-state index is -0.812. The Balaban J connectivity index is 1.37. The van der Waals surface area contributed by atoms with Crippen molar-refractivity contribution in [2.75, 3.05) is 27.3 Å². The lowest BCUT2D eigenvalue weighted by Crippen LogP contribution is -2.57. The van der Waals surface area contributed by atoms with Gasteiger partial charge < -0.3 is 24.9 Å². The predicted molar refractivity (Wildman–Crippen MR) is 145 cm³/mol. The highest BCUT2D eigenvalue weighted by Gasteiger charge is 2.49. The van der Waals surface area contributed by atoms with Crippen LogP contribution in [-0.4, -0.2) is 65.8 Å². The number of hydrogen-bond acceptors (Lipinski definition) is 6. The van der Waals surface area contributed by atoms with Gasteiger partial charge in [-0.2, -0.15) is 0 Å². The number of nitrogens with zero attached hydrogens (tertiary/aromatic N) is 1. The Hall–Kier alpha value is -3.36. The quantitative estimate of drug-likeness (QED) is 0.392. The van der Waals surface area contributed by atoms with Crippen LogP contribution < -0.4 is 10.1 Å². The number of ether oxygens (including phenoxy) is 2. The Labute approximate surface area is 223 Å². The van der Waals surface area contributed by atoms with Crippen LogP contribution >= 0.6 is 0 Å². The van der Waals surface area contributed by atoms with Gasteiger partial charge in [0.05, 0.1) is 26.4 Å². The van der Waals surface area contributed by atoms with E-state index in [-0.39, 0.29) is 24.4 Å². The molecular weight excluding hydrogens is 482 g/mol. The van der Waals surface area contributed by atoms with E-state index in [0.717, 1.165) is 53.5 Å². The predicted octanol–water partition coefficient (Wildman–Crippen LogP) is 3.75. The molecule has 1 aliphatic heterocycles. The van der Waals surface area contributed by atoms with Crippen molar-refractivity contribution >= 4 is 22.8 Å². The number of aliphatic hydroxyl groups is 1. The first kappa shape index (κ1) is 26.3. The molecule has 1 saturated heterocycles. The molecule has 1 aliphatic carbocycles. The number of aromatic amines is 1. The molecule has 5 rings (SSSR count). The highest BCUT2D eigenvalue weighted by Crippen LogP contribution is 2.50. The van der Waals surface area contributed by atoms with Crippen molar-refractivity contribution in [1.82, 2.24) is 15.2 Å². The summed E-state index contributed by atoms with van der Waals surface area (Å²) in [4.78, 5) is 31.5. The molecule has 2 heterocycles. The topological polar surface area (TPSA) is 104 Å². The number of H-pyrrole nitrogens is 1. The molecule has 8 nitrogen and oxygen atoms in total. The van der Waals surface area contributed by atoms with E-state index in [0.29, 0.717) is 19.4 Å². The van der Waals surface area contributed by atoms with Crippen LogP contribution in [0.2, 0.25) is 0 Å². The second-order valence-electron chi connectivity index (χ2n) is 10.6. The Kier molecular flexibility index (Phi) is 7.72. The molecule has 0 spiro atoms. The second-order valence-corrected chi connectivity index (χ2v) is 10.6. The third kappa shape index (κ3) is 5.15. The molecule has 2 aliphatic rings. The minimum Gasteiger partial charge on any atom is -0.496 e. The van der Waals surface area contributed by atoms with Gasteiger partial charge in [-0.05, 0) is 37.0 Å². The Bertz CT molecular complexity index is 1290. The number of carbonyl (C=O) groups excluding carboxylic acids is 2. The van der Waals surface area contributed by atoms with Crippen LogP contribution in [0.1, 0.15) is 49.3 Å². The fourth-order valence-electron chi connectivity index (χ4n) is 6.52. The maximum Gasteiger partial charge on any atom is 0.328 e. The van der Waals surface area contributed by atoms with Crippen molar-refractivity contribution < 1.29 is 24.2 Å². The molecule has 3 aromatic rings. The zero-order chi connectivity index (χ0) is 26.7. The van der Waals surface area contributed by atoms with Crippen molar-refractivity contribution in [3.63, 3.8) is 0 Å². The number of rotatable bonds is 8. The van der Waals surface area contributed by atoms with Gasteiger partial charge in [0.2, 0.25) is 5.91 Å². The van der Waals surface area contributed by atoms with Crippen LogP contribution in [0.5, 0.6) is 5.75 Å². The molecule has 1 aromatic heterocycles. The fraction of sp³-hybridized carbons (Fsp3) is 0.467. The standard InChI is InChI=1S/C30H37N3O5/c1-37-26-13-6-4-10-22(26)28-23-11-7-8-14-30(23,36)15-16-33(28)19-27(34)32-25(29(35)38-2)17-20-18-31-24-12-5-3-9-21(20)24/h3-6,9-10,12-13,18,23,25,28,31,36H,7-8,11,14-17,19H2,1-2H3,(H,32,34)/t23-,25+,28+,30-/m1/s1. The van der Waals surface area contributed by atoms with Crippen molar-refractivity contribution in [3.8, 4) is 5.75 Å². The molecule has 0 radical (unpaired) electrons. The number of amides is 1. The SMILES string of the molecule is COC(=O)[C@H](Cc1c[nH]c2ccccc12)NC(=O)CN1CC[C@]2(O)CCCC[C@@H]2[C@@H]1c1ccccc1OC. The van der Waals surface area contributed by atoms with Crippen LogP contribution in [0.4, 0.5) is 0 Å². The molecule has 2 aromatic carbocycles. The molecule has 4 atom stereocenters. The van der Waals surface area contributed by atoms with Crippen LogP contribution in [0.15, 0.2) is 54.7 Å². The fourth-order valence-corrected chi connectivity index (χ4v) is 6.52. The highest BCUT2D eigenvalue weighted by atomic mass is 16.5. The summed E-state index contributed by atoms with van der Waals surface area (Å²) < 4.78 is 10.7. The maximum atomic E-state index is 13.4. The van der Waals surface area contributed by atoms with E-state index in [1.807, 2.05) is 54.7 Å². The van der Waals surface area contributed by atoms with Crippen LogP contribution in [-0.2, 0) is 20.7 Å². The average molecular weight is 520 g/mol. The van der Waals surface area contributed by atoms with Gasteiger partial charge in [0.15, 0.2) is 0 Å². The summed E-state index contributed by atoms with van der Waals surface area (Å²) in [6.45, 7) is 0.686. The molecule has 38 heavy (non-hydrogen) atoms. The third-order valence-corrected chi connectivity index (χ3v) is 8.40. The zero-order valence-electron chi connectivity index (χ0n) is 22.1. The minimum absolute atomic E-state index is 0.00303. The number of benzene rings is 2. The summed E-state index contributed by atoms with van der Waals surface area (Å²) in [5.41, 5.74) is 2.15. The first-order chi connectivity index (χ1) is 18.4. The number of methoxy groups -OCH3 is 2. The van der Waals surface area contributed by atoms with E-state index in [1.54, 1.807) is 7.11 Å². The smallest absolute Gasteiger partial charge is 0.328 e. The van der Waals surface area contributed by atoms with Gasteiger partial charge in [0, 0.05) is 47.6 Å². The Morgan fingerprint density at radius 2 is 1.92 bits per heavy atom. The van der Waals surface area contributed by atoms with E-state index >= 15 is 0 Å². The van der Waals surface area contributed by atoms with Crippen molar-refractivity contribution in [2.24, 2.45) is 5.92 Å². The molecule has 1 amide bonds. The second kappa shape index (κ2) is 11.2. The van der Waals surface area contributed by atoms with Gasteiger partial charge in [-0.15, -0.1) is 0 Å². The molecule has 8 heteroatoms. The molecule has 0 unspecified atom stereocenters. The lowest BCUT2D eigenvalue weighted by Gasteiger charge is -2.52. The molecule has 1 saturated carbocycles. The lowest BCUT2D eigenvalue weighted by molar-refractivity contribution is -0.146. The summed E-state index contributed by atoms with van der Waals surface area (Å²) >= 11 is 0. The molecular formula is C30H37N3O5. The largest absolute Gasteiger partial charge is 0.496 e. The van der Waals surface area contributed by atoms with Crippen LogP contribution in [0.3, 0.4) is 0 Å². The summed E-state index contributed by atoms with van der Waals surface area (Å²) in [6.07, 6.45) is 6.54. The van der Waals surface area contributed by atoms with E-state index in [1.165, 1.54) is 7.11 Å². The molecule has 3 N–H and O–H groups in total. The van der Waals surface area contributed by atoms with Crippen LogP contribution in [0.25, 0.3) is 10.9 Å². The maximum absolute atomic E-state index is 13.4. The third-order valence-electron chi connectivity index (χ3n) is 8.40. The van der Waals surface area contributed by atoms with Crippen molar-refractivity contribution in [1.29, 1.82) is 0 Å². The number of piperidine rings is 1. The number of fused-ring (bicyclic) bond motifs is 2. The number of esters is 1. The highest BCUT2D eigenvalue weighted by molar-refractivity contribution is 5.88. The van der Waals surface area contributed by atoms with Gasteiger partial charge in [-0.3, -0.25) is 9.69 Å². The van der Waals surface area contributed by atoms with Gasteiger partial charge in [0.25, 0.3) is 0 Å². The van der Waals surface area contributed by atoms with Gasteiger partial charge in [-0.25, -0.2) is 4.79 Å². The summed E-state index contributed by atoms with van der Waals surface area (Å²) in [7, 11) is 2.99. The number of aromatic nitrogens is 1. The van der Waals surface area contributed by atoms with E-state index in [9.17, 15) is 14.7 Å². The summed E-state index contributed by atoms with van der Waals surface area (Å²) in [5.74, 6) is 0.0211. The van der Waals surface area contributed by atoms with E-state index in [4.69, 9.17) is 9.47 Å². The van der Waals surface area contributed by atoms with E-state index in [2.05, 4.69) is 15.2 Å². The zero-order valence-corrected chi connectivity index (χ0v) is 22.1. The number of carbonyl (C=O) groups is 2. The van der Waals surface area contributed by atoms with Crippen LogP contribution in [0, 0.1) is 5.92 Å². The first-order valence-corrected chi connectivity index (χ1v) is 13.4. The molecule has 0 bridgehead atoms. The lowest BCUT2D eigenvalue weighted by atomic mass is 9.66. The first-order valence-electron chi connectivity index (χ1n) is 13.4. The number of para-hydroxylation sites is 2. The van der Waals surface area contributed by atoms with Crippen molar-refractivity contribution in [3.05, 3.63) is 65.9 Å². The van der Waals surface area contributed by atoms with Crippen molar-refractivity contribution in [2.45, 2.75) is 56.2 Å². The van der Waals surface area contributed by atoms with Gasteiger partial charge in [0.1, 0.15) is 11.8 Å². The van der Waals surface area contributed by atoms with Gasteiger partial charge in [-0.1, -0.05) is 49.2 Å². The summed E-state index contributed by atoms with van der Waals surface area (Å²) in [5, 5.41) is 15.5. The molecule has 202 valence electrons. The number of likely N-dealkylation sites (tertiary alicyclic amines) is 1. The average Bonchev–Trinajstić information content (AvgIpc) is 3.35. The van der Waals surface area contributed by atoms with Gasteiger partial charge >= 0.3 is 5.97 Å². The normalized spacial score (nSPS) is 24.4. The summed E-state index contributed by atoms with van der Waals surface area (Å²) in [6, 6.07) is 14.8.